The lowest BCUT2D eigenvalue weighted by molar-refractivity contribution is -0.141. The van der Waals surface area contributed by atoms with E-state index in [-0.39, 0.29) is 51.3 Å². The Balaban J connectivity index is 1.93. The maximum atomic E-state index is 13.9. The van der Waals surface area contributed by atoms with E-state index in [1.807, 2.05) is 0 Å². The summed E-state index contributed by atoms with van der Waals surface area (Å²) < 4.78 is 22.0. The van der Waals surface area contributed by atoms with Crippen LogP contribution < -0.4 is 59.2 Å². The summed E-state index contributed by atoms with van der Waals surface area (Å²) in [5.74, 6) is -6.60. The second-order valence-corrected chi connectivity index (χ2v) is 15.5. The minimum Gasteiger partial charge on any atom is -0.494 e. The number of hydrogen-bond acceptors (Lipinski definition) is 14. The molecule has 0 saturated carbocycles. The standard InChI is InChI=1S/C42H69N11O13/c1-27(2)37-41(62)51-30(7-3-13-48-42(44)45)38(59)49-26-35(56)50-32(24-36(57)58)39(60)52-31(40(61)53-37)23-28-8-10-29(11-9-28)66-18-6-15-47-34(55)25-33(54)46-14-5-17-64-20-22-65-21-19-63-16-4-12-43/h8-11,27,30-32,37H,3-7,12-26,43H2,1-2H3,(H,46,54)(H,47,55)(H,49,59)(H,50,56)(H,51,62)(H,52,60)(H,53,61)(H,57,58)(H4,44,45,48)/t30-,31+,32-,37-/m0/s1. The van der Waals surface area contributed by atoms with Gasteiger partial charge < -0.3 is 78.5 Å². The minimum atomic E-state index is -1.63. The minimum absolute atomic E-state index is 0.0557. The molecule has 1 aliphatic rings. The lowest BCUT2D eigenvalue weighted by Crippen LogP contribution is -2.59. The molecule has 0 aromatic heterocycles. The third kappa shape index (κ3) is 24.8. The molecule has 1 aromatic rings. The predicted octanol–water partition coefficient (Wildman–Crippen LogP) is -3.34. The molecule has 0 radical (unpaired) electrons. The van der Waals surface area contributed by atoms with Crippen LogP contribution in [0.25, 0.3) is 0 Å². The van der Waals surface area contributed by atoms with E-state index in [0.717, 1.165) is 6.42 Å². The topological polar surface area (TPSA) is 368 Å². The lowest BCUT2D eigenvalue weighted by Gasteiger charge is -2.27. The number of benzene rings is 1. The van der Waals surface area contributed by atoms with E-state index < -0.39 is 90.4 Å². The Labute approximate surface area is 384 Å². The van der Waals surface area contributed by atoms with Gasteiger partial charge in [0.2, 0.25) is 41.4 Å². The molecule has 14 N–H and O–H groups in total. The maximum absolute atomic E-state index is 13.9. The van der Waals surface area contributed by atoms with Gasteiger partial charge in [0, 0.05) is 39.3 Å². The van der Waals surface area contributed by atoms with Gasteiger partial charge in [0.25, 0.3) is 0 Å². The number of aliphatic carboxylic acids is 1. The fourth-order valence-electron chi connectivity index (χ4n) is 6.07. The first kappa shape index (κ1) is 56.0. The Hall–Kier alpha value is -6.11. The zero-order valence-corrected chi connectivity index (χ0v) is 37.9. The van der Waals surface area contributed by atoms with Crippen molar-refractivity contribution in [1.82, 2.24) is 37.2 Å². The van der Waals surface area contributed by atoms with Crippen molar-refractivity contribution in [3.63, 3.8) is 0 Å². The van der Waals surface area contributed by atoms with Gasteiger partial charge in [-0.15, -0.1) is 0 Å². The second-order valence-electron chi connectivity index (χ2n) is 15.5. The van der Waals surface area contributed by atoms with Gasteiger partial charge in [0.1, 0.15) is 36.3 Å². The average molecular weight is 936 g/mol. The number of hydrogen-bond donors (Lipinski definition) is 11. The number of guanidine groups is 1. The molecule has 1 aromatic carbocycles. The fourth-order valence-corrected chi connectivity index (χ4v) is 6.07. The Morgan fingerprint density at radius 2 is 1.30 bits per heavy atom. The number of carboxylic acid groups (broad SMARTS) is 1. The highest BCUT2D eigenvalue weighted by atomic mass is 16.5. The summed E-state index contributed by atoms with van der Waals surface area (Å²) in [7, 11) is 0. The number of aliphatic imine (C=N–C) groups is 1. The molecular weight excluding hydrogens is 867 g/mol. The van der Waals surface area contributed by atoms with Crippen LogP contribution in [-0.2, 0) is 59.0 Å². The van der Waals surface area contributed by atoms with Crippen molar-refractivity contribution < 1.29 is 62.4 Å². The van der Waals surface area contributed by atoms with Crippen LogP contribution in [0.5, 0.6) is 5.75 Å². The summed E-state index contributed by atoms with van der Waals surface area (Å²) in [6.45, 7) is 7.10. The van der Waals surface area contributed by atoms with Crippen molar-refractivity contribution in [2.75, 3.05) is 79.0 Å². The van der Waals surface area contributed by atoms with Gasteiger partial charge in [0.15, 0.2) is 5.96 Å². The van der Waals surface area contributed by atoms with Crippen molar-refractivity contribution in [2.45, 2.75) is 89.4 Å². The Morgan fingerprint density at radius 3 is 1.89 bits per heavy atom. The Bertz CT molecular complexity index is 1730. The first-order valence-electron chi connectivity index (χ1n) is 22.0. The summed E-state index contributed by atoms with van der Waals surface area (Å²) in [5, 5.41) is 27.4. The predicted molar refractivity (Wildman–Crippen MR) is 239 cm³/mol. The summed E-state index contributed by atoms with van der Waals surface area (Å²) in [5.41, 5.74) is 16.7. The van der Waals surface area contributed by atoms with E-state index >= 15 is 0 Å². The van der Waals surface area contributed by atoms with E-state index in [1.165, 1.54) is 0 Å². The largest absolute Gasteiger partial charge is 0.494 e. The monoisotopic (exact) mass is 936 g/mol. The van der Waals surface area contributed by atoms with Crippen LogP contribution in [0.3, 0.4) is 0 Å². The van der Waals surface area contributed by atoms with Gasteiger partial charge in [0.05, 0.1) is 46.0 Å². The number of rotatable bonds is 29. The molecule has 1 heterocycles. The first-order valence-corrected chi connectivity index (χ1v) is 22.0. The summed E-state index contributed by atoms with van der Waals surface area (Å²) in [6.07, 6.45) is 0.834. The summed E-state index contributed by atoms with van der Waals surface area (Å²) in [6, 6.07) is 1.20. The highest BCUT2D eigenvalue weighted by Crippen LogP contribution is 2.15. The van der Waals surface area contributed by atoms with E-state index in [9.17, 15) is 43.5 Å². The highest BCUT2D eigenvalue weighted by molar-refractivity contribution is 5.98. The van der Waals surface area contributed by atoms with Gasteiger partial charge >= 0.3 is 5.97 Å². The van der Waals surface area contributed by atoms with Gasteiger partial charge in [-0.2, -0.15) is 0 Å². The molecule has 0 aliphatic carbocycles. The molecule has 0 unspecified atom stereocenters. The molecular formula is C42H69N11O13. The van der Waals surface area contributed by atoms with E-state index in [1.54, 1.807) is 38.1 Å². The van der Waals surface area contributed by atoms with Crippen molar-refractivity contribution in [1.29, 1.82) is 0 Å². The Kier molecular flexibility index (Phi) is 27.6. The molecule has 1 saturated heterocycles. The highest BCUT2D eigenvalue weighted by Gasteiger charge is 2.34. The SMILES string of the molecule is CC(C)[C@@H]1NC(=O)[C@@H](Cc2ccc(OCCCNC(=O)CC(=O)NCCCOCCOCCOCCCN)cc2)NC(=O)[C@H](CC(=O)O)NC(=O)CNC(=O)[C@H](CCCN=C(N)N)NC1=O. The molecule has 7 amide bonds. The third-order valence-electron chi connectivity index (χ3n) is 9.53. The van der Waals surface area contributed by atoms with Gasteiger partial charge in [-0.05, 0) is 62.3 Å². The van der Waals surface area contributed by atoms with Crippen molar-refractivity contribution in [3.8, 4) is 5.75 Å². The molecule has 66 heavy (non-hydrogen) atoms. The quantitative estimate of drug-likeness (QED) is 0.0162. The number of amides is 7. The molecule has 1 fully saturated rings. The van der Waals surface area contributed by atoms with Gasteiger partial charge in [-0.1, -0.05) is 26.0 Å². The third-order valence-corrected chi connectivity index (χ3v) is 9.53. The summed E-state index contributed by atoms with van der Waals surface area (Å²) >= 11 is 0. The zero-order chi connectivity index (χ0) is 48.7. The number of carbonyl (C=O) groups is 8. The Morgan fingerprint density at radius 1 is 0.727 bits per heavy atom. The number of ether oxygens (including phenoxy) is 4. The molecule has 370 valence electrons. The van der Waals surface area contributed by atoms with Crippen LogP contribution in [0, 0.1) is 5.92 Å². The molecule has 24 heteroatoms. The number of nitrogens with one attached hydrogen (secondary N) is 7. The molecule has 0 bridgehead atoms. The van der Waals surface area contributed by atoms with Crippen molar-refractivity contribution in [2.24, 2.45) is 28.1 Å². The fraction of sp³-hybridized carbons (Fsp3) is 0.643. The van der Waals surface area contributed by atoms with Gasteiger partial charge in [-0.3, -0.25) is 43.3 Å². The van der Waals surface area contributed by atoms with Crippen LogP contribution in [0.15, 0.2) is 29.3 Å². The molecule has 24 nitrogen and oxygen atoms in total. The van der Waals surface area contributed by atoms with Crippen LogP contribution in [0.1, 0.15) is 64.4 Å². The van der Waals surface area contributed by atoms with E-state index in [2.05, 4.69) is 42.2 Å². The number of nitrogens with zero attached hydrogens (tertiary/aromatic N) is 1. The van der Waals surface area contributed by atoms with Crippen LogP contribution >= 0.6 is 0 Å². The number of carbonyl (C=O) groups excluding carboxylic acids is 7. The molecule has 4 atom stereocenters. The number of carboxylic acids is 1. The van der Waals surface area contributed by atoms with Crippen LogP contribution in [-0.4, -0.2) is 162 Å². The molecule has 1 aliphatic heterocycles. The summed E-state index contributed by atoms with van der Waals surface area (Å²) in [4.78, 5) is 107. The zero-order valence-electron chi connectivity index (χ0n) is 37.9. The smallest absolute Gasteiger partial charge is 0.305 e. The van der Waals surface area contributed by atoms with Crippen molar-refractivity contribution in [3.05, 3.63) is 29.8 Å². The first-order chi connectivity index (χ1) is 31.6. The normalized spacial score (nSPS) is 18.3. The van der Waals surface area contributed by atoms with E-state index in [4.69, 9.17) is 36.1 Å². The second kappa shape index (κ2) is 32.5. The molecule has 0 spiro atoms. The van der Waals surface area contributed by atoms with Crippen molar-refractivity contribution >= 4 is 53.3 Å². The van der Waals surface area contributed by atoms with Gasteiger partial charge in [-0.25, -0.2) is 0 Å². The average Bonchev–Trinajstić information content (AvgIpc) is 3.26. The lowest BCUT2D eigenvalue weighted by atomic mass is 9.99. The molecule has 2 rings (SSSR count). The number of nitrogens with two attached hydrogens (primary N) is 3. The maximum Gasteiger partial charge on any atom is 0.305 e. The van der Waals surface area contributed by atoms with E-state index in [0.29, 0.717) is 76.9 Å². The van der Waals surface area contributed by atoms with Crippen LogP contribution in [0.4, 0.5) is 0 Å². The van der Waals surface area contributed by atoms with Crippen LogP contribution in [0.2, 0.25) is 0 Å².